The second-order valence-electron chi connectivity index (χ2n) is 6.85. The van der Waals surface area contributed by atoms with E-state index in [9.17, 15) is 9.59 Å². The van der Waals surface area contributed by atoms with Crippen molar-refractivity contribution in [2.45, 2.75) is 52.1 Å². The van der Waals surface area contributed by atoms with E-state index in [0.29, 0.717) is 18.0 Å². The van der Waals surface area contributed by atoms with Crippen molar-refractivity contribution in [3.8, 4) is 0 Å². The molecule has 1 aliphatic heterocycles. The number of hydrogen-bond acceptors (Lipinski definition) is 6. The van der Waals surface area contributed by atoms with E-state index >= 15 is 0 Å². The fourth-order valence-electron chi connectivity index (χ4n) is 2.88. The monoisotopic (exact) mass is 398 g/mol. The summed E-state index contributed by atoms with van der Waals surface area (Å²) in [7, 11) is 0. The van der Waals surface area contributed by atoms with Crippen LogP contribution in [0.1, 0.15) is 45.2 Å². The third-order valence-corrected chi connectivity index (χ3v) is 6.08. The highest BCUT2D eigenvalue weighted by Crippen LogP contribution is 2.21. The Balaban J connectivity index is 1.88. The highest BCUT2D eigenvalue weighted by molar-refractivity contribution is 7.98. The maximum Gasteiger partial charge on any atom is 0.248 e. The van der Waals surface area contributed by atoms with Crippen molar-refractivity contribution in [1.29, 1.82) is 0 Å². The van der Waals surface area contributed by atoms with Gasteiger partial charge in [0.15, 0.2) is 5.13 Å². The van der Waals surface area contributed by atoms with Crippen molar-refractivity contribution in [1.82, 2.24) is 15.2 Å². The second kappa shape index (κ2) is 10.9. The molecule has 1 fully saturated rings. The van der Waals surface area contributed by atoms with Gasteiger partial charge in [0.05, 0.1) is 5.69 Å². The molecule has 0 bridgehead atoms. The number of thioether (sulfide) groups is 1. The zero-order valence-corrected chi connectivity index (χ0v) is 17.5. The van der Waals surface area contributed by atoms with Crippen molar-refractivity contribution >= 4 is 40.0 Å². The molecule has 1 saturated heterocycles. The minimum atomic E-state index is -0.508. The molecule has 1 aromatic heterocycles. The van der Waals surface area contributed by atoms with E-state index < -0.39 is 6.04 Å². The molecule has 1 atom stereocenters. The van der Waals surface area contributed by atoms with Gasteiger partial charge in [-0.15, -0.1) is 11.3 Å². The average Bonchev–Trinajstić information content (AvgIpc) is 3.07. The number of anilines is 1. The smallest absolute Gasteiger partial charge is 0.248 e. The normalized spacial score (nSPS) is 17.0. The van der Waals surface area contributed by atoms with E-state index in [1.54, 1.807) is 18.7 Å². The fourth-order valence-corrected chi connectivity index (χ4v) is 4.06. The van der Waals surface area contributed by atoms with Crippen LogP contribution in [0.4, 0.5) is 5.13 Å². The Morgan fingerprint density at radius 2 is 2.15 bits per heavy atom. The second-order valence-corrected chi connectivity index (χ2v) is 8.69. The summed E-state index contributed by atoms with van der Waals surface area (Å²) in [6, 6.07) is -0.508. The van der Waals surface area contributed by atoms with Gasteiger partial charge in [-0.3, -0.25) is 14.5 Å². The number of rotatable bonds is 9. The zero-order chi connectivity index (χ0) is 18.9. The van der Waals surface area contributed by atoms with Gasteiger partial charge in [0.25, 0.3) is 0 Å². The van der Waals surface area contributed by atoms with Gasteiger partial charge in [0.2, 0.25) is 11.8 Å². The molecular weight excluding hydrogens is 368 g/mol. The van der Waals surface area contributed by atoms with Crippen LogP contribution in [0, 0.1) is 5.92 Å². The number of hydrogen-bond donors (Lipinski definition) is 2. The molecule has 0 radical (unpaired) electrons. The largest absolute Gasteiger partial charge is 0.344 e. The summed E-state index contributed by atoms with van der Waals surface area (Å²) in [5.41, 5.74) is 0.998. The average molecular weight is 399 g/mol. The predicted octanol–water partition coefficient (Wildman–Crippen LogP) is 2.96. The van der Waals surface area contributed by atoms with Gasteiger partial charge in [0, 0.05) is 18.3 Å². The van der Waals surface area contributed by atoms with Crippen LogP contribution in [-0.4, -0.2) is 52.8 Å². The Kier molecular flexibility index (Phi) is 8.87. The Hall–Kier alpha value is -1.12. The summed E-state index contributed by atoms with van der Waals surface area (Å²) in [4.78, 5) is 31.2. The van der Waals surface area contributed by atoms with Crippen LogP contribution in [-0.2, 0) is 16.1 Å². The highest BCUT2D eigenvalue weighted by atomic mass is 32.2. The zero-order valence-electron chi connectivity index (χ0n) is 15.9. The Labute approximate surface area is 164 Å². The molecule has 2 heterocycles. The van der Waals surface area contributed by atoms with Gasteiger partial charge in [0.1, 0.15) is 6.04 Å². The van der Waals surface area contributed by atoms with Gasteiger partial charge in [-0.05, 0) is 50.3 Å². The third-order valence-electron chi connectivity index (χ3n) is 4.63. The molecule has 0 saturated carbocycles. The topological polar surface area (TPSA) is 74.3 Å². The first-order valence-electron chi connectivity index (χ1n) is 9.27. The van der Waals surface area contributed by atoms with Gasteiger partial charge in [-0.25, -0.2) is 4.98 Å². The first-order valence-corrected chi connectivity index (χ1v) is 11.5. The van der Waals surface area contributed by atoms with Crippen molar-refractivity contribution in [2.24, 2.45) is 5.92 Å². The number of carbonyl (C=O) groups is 2. The summed E-state index contributed by atoms with van der Waals surface area (Å²) in [6.07, 6.45) is 5.46. The minimum Gasteiger partial charge on any atom is -0.344 e. The SMILES string of the molecule is CCC(=O)NC(CCSC)C(=O)Nc1nc(CN2CCC(C)CC2)cs1. The van der Waals surface area contributed by atoms with Crippen LogP contribution < -0.4 is 10.6 Å². The lowest BCUT2D eigenvalue weighted by Gasteiger charge is -2.29. The lowest BCUT2D eigenvalue weighted by atomic mass is 9.99. The minimum absolute atomic E-state index is 0.106. The van der Waals surface area contributed by atoms with E-state index in [0.717, 1.165) is 37.0 Å². The molecule has 2 amide bonds. The maximum atomic E-state index is 12.5. The molecule has 1 unspecified atom stereocenters. The number of carbonyl (C=O) groups excluding carboxylic acids is 2. The molecule has 2 N–H and O–H groups in total. The molecule has 146 valence electrons. The molecule has 2 rings (SSSR count). The highest BCUT2D eigenvalue weighted by Gasteiger charge is 2.21. The van der Waals surface area contributed by atoms with Crippen molar-refractivity contribution in [3.63, 3.8) is 0 Å². The number of piperidine rings is 1. The predicted molar refractivity (Wildman–Crippen MR) is 110 cm³/mol. The molecule has 6 nitrogen and oxygen atoms in total. The molecule has 0 spiro atoms. The first-order chi connectivity index (χ1) is 12.5. The number of nitrogens with one attached hydrogen (secondary N) is 2. The number of thiazole rings is 1. The Morgan fingerprint density at radius 1 is 1.42 bits per heavy atom. The van der Waals surface area contributed by atoms with Crippen LogP contribution in [0.25, 0.3) is 0 Å². The lowest BCUT2D eigenvalue weighted by Crippen LogP contribution is -2.44. The molecule has 1 aliphatic rings. The van der Waals surface area contributed by atoms with Crippen molar-refractivity contribution in [3.05, 3.63) is 11.1 Å². The molecule has 0 aliphatic carbocycles. The Bertz CT molecular complexity index is 586. The van der Waals surface area contributed by atoms with Crippen LogP contribution in [0.2, 0.25) is 0 Å². The molecule has 0 aromatic carbocycles. The van der Waals surface area contributed by atoms with Gasteiger partial charge in [-0.2, -0.15) is 11.8 Å². The van der Waals surface area contributed by atoms with Crippen LogP contribution in [0.3, 0.4) is 0 Å². The molecule has 26 heavy (non-hydrogen) atoms. The van der Waals surface area contributed by atoms with Crippen LogP contribution in [0.15, 0.2) is 5.38 Å². The van der Waals surface area contributed by atoms with Crippen LogP contribution in [0.5, 0.6) is 0 Å². The number of amides is 2. The molecule has 8 heteroatoms. The molecule has 1 aromatic rings. The van der Waals surface area contributed by atoms with Gasteiger partial charge in [-0.1, -0.05) is 13.8 Å². The van der Waals surface area contributed by atoms with Crippen molar-refractivity contribution in [2.75, 3.05) is 30.4 Å². The van der Waals surface area contributed by atoms with Crippen molar-refractivity contribution < 1.29 is 9.59 Å². The summed E-state index contributed by atoms with van der Waals surface area (Å²) < 4.78 is 0. The lowest BCUT2D eigenvalue weighted by molar-refractivity contribution is -0.126. The van der Waals surface area contributed by atoms with E-state index in [-0.39, 0.29) is 11.8 Å². The molecular formula is C18H30N4O2S2. The Morgan fingerprint density at radius 3 is 2.81 bits per heavy atom. The maximum absolute atomic E-state index is 12.5. The van der Waals surface area contributed by atoms with E-state index in [1.807, 2.05) is 11.6 Å². The quantitative estimate of drug-likeness (QED) is 0.669. The number of aromatic nitrogens is 1. The summed E-state index contributed by atoms with van der Waals surface area (Å²) >= 11 is 3.11. The van der Waals surface area contributed by atoms with Crippen LogP contribution >= 0.6 is 23.1 Å². The number of nitrogens with zero attached hydrogens (tertiary/aromatic N) is 2. The third kappa shape index (κ3) is 6.89. The first kappa shape index (κ1) is 21.2. The van der Waals surface area contributed by atoms with E-state index in [1.165, 1.54) is 24.2 Å². The fraction of sp³-hybridized carbons (Fsp3) is 0.722. The van der Waals surface area contributed by atoms with Gasteiger partial charge >= 0.3 is 0 Å². The summed E-state index contributed by atoms with van der Waals surface area (Å²) in [6.45, 7) is 7.15. The standard InChI is InChI=1S/C18H30N4O2S2/c1-4-16(23)20-15(7-10-25-3)17(24)21-18-19-14(12-26-18)11-22-8-5-13(2)6-9-22/h12-13,15H,4-11H2,1-3H3,(H,20,23)(H,19,21,24). The van der Waals surface area contributed by atoms with Gasteiger partial charge < -0.3 is 10.6 Å². The number of likely N-dealkylation sites (tertiary alicyclic amines) is 1. The van der Waals surface area contributed by atoms with E-state index in [2.05, 4.69) is 27.4 Å². The summed E-state index contributed by atoms with van der Waals surface area (Å²) in [5, 5.41) is 8.29. The van der Waals surface area contributed by atoms with E-state index in [4.69, 9.17) is 0 Å². The summed E-state index contributed by atoms with van der Waals surface area (Å²) in [5.74, 6) is 1.34.